The summed E-state index contributed by atoms with van der Waals surface area (Å²) >= 11 is 0. The first-order chi connectivity index (χ1) is 13.4. The molecule has 0 amide bonds. The van der Waals surface area contributed by atoms with Gasteiger partial charge >= 0.3 is 0 Å². The van der Waals surface area contributed by atoms with E-state index in [1.165, 1.54) is 29.0 Å². The molecule has 1 fully saturated rings. The average Bonchev–Trinajstić information content (AvgIpc) is 3.30. The molecule has 0 spiro atoms. The molecule has 0 bridgehead atoms. The van der Waals surface area contributed by atoms with E-state index in [-0.39, 0.29) is 35.9 Å². The van der Waals surface area contributed by atoms with E-state index in [0.29, 0.717) is 0 Å². The summed E-state index contributed by atoms with van der Waals surface area (Å²) in [7, 11) is -2.02. The number of benzene rings is 1. The van der Waals surface area contributed by atoms with Gasteiger partial charge in [0.1, 0.15) is 5.82 Å². The topological polar surface area (TPSA) is 80.1 Å². The van der Waals surface area contributed by atoms with Crippen LogP contribution in [-0.2, 0) is 17.1 Å². The summed E-state index contributed by atoms with van der Waals surface area (Å²) in [5, 5.41) is 3.39. The number of imidazole rings is 1. The van der Waals surface area contributed by atoms with Crippen molar-refractivity contribution in [1.82, 2.24) is 18.8 Å². The van der Waals surface area contributed by atoms with E-state index in [4.69, 9.17) is 0 Å². The van der Waals surface area contributed by atoms with Crippen molar-refractivity contribution in [3.63, 3.8) is 0 Å². The minimum absolute atomic E-state index is 0.0116. The van der Waals surface area contributed by atoms with E-state index in [1.54, 1.807) is 30.1 Å². The summed E-state index contributed by atoms with van der Waals surface area (Å²) in [6.45, 7) is 0.494. The number of nitrogens with one attached hydrogen (secondary N) is 1. The van der Waals surface area contributed by atoms with Gasteiger partial charge in [-0.25, -0.2) is 17.8 Å². The summed E-state index contributed by atoms with van der Waals surface area (Å²) in [4.78, 5) is 8.00. The number of hydrogen-bond donors (Lipinski definition) is 1. The van der Waals surface area contributed by atoms with Gasteiger partial charge in [0.25, 0.3) is 10.0 Å². The first-order valence-electron chi connectivity index (χ1n) is 8.83. The number of halogens is 1. The Kier molecular flexibility index (Phi) is 4.86. The second-order valence-corrected chi connectivity index (χ2v) is 8.73. The molecule has 0 aliphatic carbocycles. The standard InChI is InChI=1S/C19H20FN5O2S/c1-24-12-19(22-13-24)28(26,27)25-10-17(14-3-2-4-15(20)9-14)18(11-25)23-16-5-7-21-8-6-16/h2-9,12-13,17-18H,10-11H2,1H3,(H,21,23). The van der Waals surface area contributed by atoms with Crippen molar-refractivity contribution < 1.29 is 12.8 Å². The third kappa shape index (κ3) is 3.63. The molecule has 0 saturated carbocycles. The number of rotatable bonds is 5. The van der Waals surface area contributed by atoms with Gasteiger partial charge < -0.3 is 9.88 Å². The van der Waals surface area contributed by atoms with Crippen LogP contribution >= 0.6 is 0 Å². The second kappa shape index (κ2) is 7.33. The summed E-state index contributed by atoms with van der Waals surface area (Å²) in [6.07, 6.45) is 6.27. The first-order valence-corrected chi connectivity index (χ1v) is 10.3. The van der Waals surface area contributed by atoms with Gasteiger partial charge in [-0.1, -0.05) is 12.1 Å². The maximum absolute atomic E-state index is 13.8. The summed E-state index contributed by atoms with van der Waals surface area (Å²) < 4.78 is 42.9. The molecular formula is C19H20FN5O2S. The van der Waals surface area contributed by atoms with Crippen LogP contribution in [0.5, 0.6) is 0 Å². The highest BCUT2D eigenvalue weighted by atomic mass is 32.2. The highest BCUT2D eigenvalue weighted by molar-refractivity contribution is 7.89. The fraction of sp³-hybridized carbons (Fsp3) is 0.263. The Hall–Kier alpha value is -2.78. The lowest BCUT2D eigenvalue weighted by Gasteiger charge is -2.21. The predicted octanol–water partition coefficient (Wildman–Crippen LogP) is 2.22. The number of anilines is 1. The van der Waals surface area contributed by atoms with Crippen molar-refractivity contribution in [3.8, 4) is 0 Å². The van der Waals surface area contributed by atoms with Crippen molar-refractivity contribution >= 4 is 15.7 Å². The minimum atomic E-state index is -3.74. The molecule has 3 aromatic rings. The van der Waals surface area contributed by atoms with Gasteiger partial charge in [-0.05, 0) is 29.8 Å². The van der Waals surface area contributed by atoms with E-state index >= 15 is 0 Å². The van der Waals surface area contributed by atoms with E-state index in [1.807, 2.05) is 18.2 Å². The van der Waals surface area contributed by atoms with Crippen molar-refractivity contribution in [2.75, 3.05) is 18.4 Å². The normalized spacial score (nSPS) is 20.4. The van der Waals surface area contributed by atoms with E-state index < -0.39 is 10.0 Å². The summed E-state index contributed by atoms with van der Waals surface area (Å²) in [5.41, 5.74) is 1.59. The Balaban J connectivity index is 1.66. The van der Waals surface area contributed by atoms with Gasteiger partial charge in [0, 0.05) is 56.4 Å². The van der Waals surface area contributed by atoms with Gasteiger partial charge in [-0.2, -0.15) is 4.31 Å². The molecular weight excluding hydrogens is 381 g/mol. The van der Waals surface area contributed by atoms with Crippen LogP contribution in [0.3, 0.4) is 0 Å². The van der Waals surface area contributed by atoms with Crippen LogP contribution in [-0.4, -0.2) is 46.4 Å². The van der Waals surface area contributed by atoms with Crippen LogP contribution < -0.4 is 5.32 Å². The molecule has 2 unspecified atom stereocenters. The van der Waals surface area contributed by atoms with Crippen molar-refractivity contribution in [3.05, 3.63) is 72.7 Å². The van der Waals surface area contributed by atoms with Crippen LogP contribution in [0.15, 0.2) is 66.3 Å². The molecule has 4 rings (SSSR count). The summed E-state index contributed by atoms with van der Waals surface area (Å²) in [5.74, 6) is -0.548. The molecule has 0 radical (unpaired) electrons. The third-order valence-electron chi connectivity index (χ3n) is 4.88. The number of sulfonamides is 1. The zero-order valence-corrected chi connectivity index (χ0v) is 16.1. The van der Waals surface area contributed by atoms with Crippen molar-refractivity contribution in [2.24, 2.45) is 7.05 Å². The third-order valence-corrected chi connectivity index (χ3v) is 6.60. The lowest BCUT2D eigenvalue weighted by molar-refractivity contribution is 0.468. The molecule has 2 aromatic heterocycles. The molecule has 1 aliphatic heterocycles. The van der Waals surface area contributed by atoms with Crippen LogP contribution in [0.4, 0.5) is 10.1 Å². The maximum atomic E-state index is 13.8. The van der Waals surface area contributed by atoms with E-state index in [0.717, 1.165) is 11.3 Å². The van der Waals surface area contributed by atoms with Gasteiger partial charge in [0.2, 0.25) is 0 Å². The lowest BCUT2D eigenvalue weighted by atomic mass is 9.94. The smallest absolute Gasteiger partial charge is 0.262 e. The Morgan fingerprint density at radius 3 is 2.64 bits per heavy atom. The van der Waals surface area contributed by atoms with Gasteiger partial charge in [-0.3, -0.25) is 4.98 Å². The maximum Gasteiger partial charge on any atom is 0.262 e. The molecule has 146 valence electrons. The molecule has 28 heavy (non-hydrogen) atoms. The quantitative estimate of drug-likeness (QED) is 0.709. The first kappa shape index (κ1) is 18.6. The molecule has 1 aromatic carbocycles. The van der Waals surface area contributed by atoms with Gasteiger partial charge in [0.05, 0.1) is 6.33 Å². The largest absolute Gasteiger partial charge is 0.380 e. The Labute approximate surface area is 162 Å². The Morgan fingerprint density at radius 1 is 1.18 bits per heavy atom. The predicted molar refractivity (Wildman–Crippen MR) is 103 cm³/mol. The second-order valence-electron chi connectivity index (χ2n) is 6.85. The number of aromatic nitrogens is 3. The van der Waals surface area contributed by atoms with E-state index in [9.17, 15) is 12.8 Å². The molecule has 9 heteroatoms. The average molecular weight is 401 g/mol. The SMILES string of the molecule is Cn1cnc(S(=O)(=O)N2CC(Nc3ccncc3)C(c3cccc(F)c3)C2)c1. The van der Waals surface area contributed by atoms with Crippen molar-refractivity contribution in [1.29, 1.82) is 0 Å². The molecule has 1 N–H and O–H groups in total. The zero-order valence-electron chi connectivity index (χ0n) is 15.2. The van der Waals surface area contributed by atoms with Crippen molar-refractivity contribution in [2.45, 2.75) is 17.0 Å². The fourth-order valence-electron chi connectivity index (χ4n) is 3.50. The molecule has 7 nitrogen and oxygen atoms in total. The highest BCUT2D eigenvalue weighted by Crippen LogP contribution is 2.33. The van der Waals surface area contributed by atoms with Crippen LogP contribution in [0.1, 0.15) is 11.5 Å². The van der Waals surface area contributed by atoms with Gasteiger partial charge in [-0.15, -0.1) is 0 Å². The number of pyridine rings is 1. The molecule has 2 atom stereocenters. The monoisotopic (exact) mass is 401 g/mol. The number of aryl methyl sites for hydroxylation is 1. The van der Waals surface area contributed by atoms with Crippen LogP contribution in [0.25, 0.3) is 0 Å². The zero-order chi connectivity index (χ0) is 19.7. The number of nitrogens with zero attached hydrogens (tertiary/aromatic N) is 4. The van der Waals surface area contributed by atoms with Gasteiger partial charge in [0.15, 0.2) is 5.03 Å². The summed E-state index contributed by atoms with van der Waals surface area (Å²) in [6, 6.07) is 9.73. The van der Waals surface area contributed by atoms with Crippen LogP contribution in [0.2, 0.25) is 0 Å². The fourth-order valence-corrected chi connectivity index (χ4v) is 4.96. The van der Waals surface area contributed by atoms with Crippen LogP contribution in [0, 0.1) is 5.82 Å². The molecule has 3 heterocycles. The Morgan fingerprint density at radius 2 is 1.96 bits per heavy atom. The Bertz CT molecular complexity index is 1070. The lowest BCUT2D eigenvalue weighted by Crippen LogP contribution is -2.32. The van der Waals surface area contributed by atoms with E-state index in [2.05, 4.69) is 15.3 Å². The molecule has 1 saturated heterocycles. The minimum Gasteiger partial charge on any atom is -0.380 e. The molecule has 1 aliphatic rings. The number of hydrogen-bond acceptors (Lipinski definition) is 5. The highest BCUT2D eigenvalue weighted by Gasteiger charge is 2.41.